The summed E-state index contributed by atoms with van der Waals surface area (Å²) >= 11 is 0. The molecule has 0 spiro atoms. The molecule has 15 heteroatoms. The van der Waals surface area contributed by atoms with Gasteiger partial charge in [-0.25, -0.2) is 41.9 Å². The second kappa shape index (κ2) is 8.68. The van der Waals surface area contributed by atoms with Gasteiger partial charge in [-0.15, -0.1) is 0 Å². The average Bonchev–Trinajstić information content (AvgIpc) is 3.66. The lowest BCUT2D eigenvalue weighted by molar-refractivity contribution is 0.344. The molecule has 3 aliphatic rings. The van der Waals surface area contributed by atoms with Crippen molar-refractivity contribution in [2.45, 2.75) is 0 Å². The van der Waals surface area contributed by atoms with Gasteiger partial charge in [-0.05, 0) is 12.1 Å². The summed E-state index contributed by atoms with van der Waals surface area (Å²) in [4.78, 5) is 18.8. The van der Waals surface area contributed by atoms with Crippen LogP contribution >= 0.6 is 0 Å². The Kier molecular flexibility index (Phi) is 4.97. The van der Waals surface area contributed by atoms with E-state index in [0.717, 1.165) is 16.6 Å². The Morgan fingerprint density at radius 3 is 1.60 bits per heavy atom. The molecule has 6 aromatic rings. The minimum Gasteiger partial charge on any atom is -0.518 e. The van der Waals surface area contributed by atoms with Crippen LogP contribution in [0.15, 0.2) is 80.6 Å². The number of amidine groups is 2. The van der Waals surface area contributed by atoms with E-state index >= 15 is 8.78 Å². The Morgan fingerprint density at radius 1 is 0.511 bits per heavy atom. The molecule has 45 heavy (non-hydrogen) atoms. The van der Waals surface area contributed by atoms with Gasteiger partial charge in [0.05, 0.1) is 0 Å². The van der Waals surface area contributed by atoms with Gasteiger partial charge in [-0.1, -0.05) is 48.5 Å². The van der Waals surface area contributed by atoms with Crippen LogP contribution in [-0.4, -0.2) is 27.8 Å². The van der Waals surface area contributed by atoms with Gasteiger partial charge in [0, 0.05) is 32.7 Å². The number of aliphatic imine (C=N–C) groups is 2. The second-order valence-electron chi connectivity index (χ2n) is 10.4. The number of fused-ring (bicyclic) bond motifs is 10. The van der Waals surface area contributed by atoms with Crippen molar-refractivity contribution in [3.05, 3.63) is 123 Å². The van der Waals surface area contributed by atoms with Gasteiger partial charge in [0.1, 0.15) is 22.6 Å². The van der Waals surface area contributed by atoms with E-state index in [1.54, 1.807) is 48.5 Å². The van der Waals surface area contributed by atoms with Crippen molar-refractivity contribution in [1.82, 2.24) is 8.96 Å². The Labute approximate surface area is 245 Å². The molecule has 9 rings (SSSR count). The molecule has 0 atom stereocenters. The normalized spacial score (nSPS) is 14.2. The maximum atomic E-state index is 15.1. The first-order chi connectivity index (χ1) is 21.7. The monoisotopic (exact) mass is 614 g/mol. The summed E-state index contributed by atoms with van der Waals surface area (Å²) in [6, 6.07) is 15.5. The van der Waals surface area contributed by atoms with Gasteiger partial charge in [-0.3, -0.25) is 8.96 Å². The summed E-state index contributed by atoms with van der Waals surface area (Å²) in [6.07, 6.45) is 0. The zero-order valence-corrected chi connectivity index (χ0v) is 22.1. The minimum atomic E-state index is -2.37. The third-order valence-electron chi connectivity index (χ3n) is 7.95. The molecule has 4 bridgehead atoms. The lowest BCUT2D eigenvalue weighted by Crippen LogP contribution is -2.52. The molecule has 0 fully saturated rings. The number of aromatic nitrogens is 2. The highest BCUT2D eigenvalue weighted by atomic mass is 19.2. The third kappa shape index (κ3) is 3.26. The van der Waals surface area contributed by atoms with Gasteiger partial charge in [-0.2, -0.15) is 8.78 Å². The first kappa shape index (κ1) is 25.7. The summed E-state index contributed by atoms with van der Waals surface area (Å²) in [5.41, 5.74) is 1.32. The molecule has 3 aliphatic heterocycles. The maximum Gasteiger partial charge on any atom is 0.633 e. The van der Waals surface area contributed by atoms with Gasteiger partial charge in [0.2, 0.25) is 29.1 Å². The Morgan fingerprint density at radius 2 is 1.00 bits per heavy atom. The van der Waals surface area contributed by atoms with Crippen LogP contribution in [0.5, 0.6) is 5.75 Å². The molecule has 0 radical (unpaired) electrons. The van der Waals surface area contributed by atoms with Gasteiger partial charge < -0.3 is 4.65 Å². The van der Waals surface area contributed by atoms with Crippen molar-refractivity contribution >= 4 is 52.0 Å². The van der Waals surface area contributed by atoms with Crippen molar-refractivity contribution < 1.29 is 35.4 Å². The molecule has 7 nitrogen and oxygen atoms in total. The van der Waals surface area contributed by atoms with E-state index in [2.05, 4.69) is 9.98 Å². The highest BCUT2D eigenvalue weighted by Crippen LogP contribution is 2.42. The molecule has 0 unspecified atom stereocenters. The number of benzene rings is 4. The van der Waals surface area contributed by atoms with Crippen molar-refractivity contribution in [3.8, 4) is 5.75 Å². The van der Waals surface area contributed by atoms with Crippen molar-refractivity contribution in [3.63, 3.8) is 0 Å². The van der Waals surface area contributed by atoms with Crippen LogP contribution in [0.25, 0.3) is 21.5 Å². The fourth-order valence-electron chi connectivity index (χ4n) is 5.96. The molecular formula is C30H10BF7N6O. The molecule has 0 amide bonds. The largest absolute Gasteiger partial charge is 0.633 e. The molecule has 4 aromatic carbocycles. The summed E-state index contributed by atoms with van der Waals surface area (Å²) in [5, 5.41) is 0.979. The van der Waals surface area contributed by atoms with Crippen LogP contribution in [0.4, 0.5) is 42.4 Å². The van der Waals surface area contributed by atoms with Crippen LogP contribution in [0, 0.1) is 40.7 Å². The van der Waals surface area contributed by atoms with Gasteiger partial charge >= 0.3 is 7.19 Å². The predicted octanol–water partition coefficient (Wildman–Crippen LogP) is 5.77. The Balaban J connectivity index is 1.50. The van der Waals surface area contributed by atoms with Gasteiger partial charge in [0.15, 0.2) is 29.1 Å². The zero-order valence-electron chi connectivity index (χ0n) is 22.1. The van der Waals surface area contributed by atoms with Crippen molar-refractivity contribution in [2.24, 2.45) is 20.0 Å². The number of hydrogen-bond acceptors (Lipinski definition) is 5. The predicted molar refractivity (Wildman–Crippen MR) is 148 cm³/mol. The Hall–Kier alpha value is -5.73. The highest BCUT2D eigenvalue weighted by Gasteiger charge is 2.42. The van der Waals surface area contributed by atoms with E-state index in [-0.39, 0.29) is 45.1 Å². The molecule has 2 aromatic heterocycles. The van der Waals surface area contributed by atoms with E-state index in [0.29, 0.717) is 21.9 Å². The molecule has 0 saturated heterocycles. The zero-order chi connectivity index (χ0) is 30.9. The first-order valence-electron chi connectivity index (χ1n) is 13.3. The fraction of sp³-hybridized carbons (Fsp3) is 0. The summed E-state index contributed by atoms with van der Waals surface area (Å²) in [5.74, 6) is -15.2. The van der Waals surface area contributed by atoms with E-state index in [1.165, 1.54) is 4.48 Å². The molecular weight excluding hydrogens is 604 g/mol. The van der Waals surface area contributed by atoms with Crippen molar-refractivity contribution in [1.29, 1.82) is 0 Å². The lowest BCUT2D eigenvalue weighted by Gasteiger charge is -2.23. The molecule has 0 saturated carbocycles. The van der Waals surface area contributed by atoms with E-state index in [1.807, 2.05) is 0 Å². The van der Waals surface area contributed by atoms with Crippen LogP contribution < -0.4 is 15.6 Å². The third-order valence-corrected chi connectivity index (χ3v) is 7.95. The standard InChI is InChI=1S/C30H10BF7N6O/c32-17-9-15-16(10-18(17)33)30-42-28-14-8-4-3-7-13(14)27-40-25-11-5-1-2-6-12(11)26(39-25)41-29(15)44(30)31(43(27)28)45-24-22(37)20(35)19(34)21(36)23(24)38/h1-10H. The van der Waals surface area contributed by atoms with E-state index in [4.69, 9.17) is 14.6 Å². The quantitative estimate of drug-likeness (QED) is 0.106. The molecule has 0 N–H and O–H groups in total. The average molecular weight is 614 g/mol. The van der Waals surface area contributed by atoms with Crippen LogP contribution in [-0.2, 0) is 0 Å². The maximum absolute atomic E-state index is 15.1. The Bertz CT molecular complexity index is 2550. The summed E-state index contributed by atoms with van der Waals surface area (Å²) in [6.45, 7) is 0. The smallest absolute Gasteiger partial charge is 0.518 e. The lowest BCUT2D eigenvalue weighted by atomic mass is 9.98. The molecule has 218 valence electrons. The number of rotatable bonds is 2. The number of hydrogen-bond donors (Lipinski definition) is 0. The molecule has 0 aliphatic carbocycles. The topological polar surface area (TPSA) is 68.5 Å². The summed E-state index contributed by atoms with van der Waals surface area (Å²) in [7, 11) is -1.81. The summed E-state index contributed by atoms with van der Waals surface area (Å²) < 4.78 is 111. The van der Waals surface area contributed by atoms with E-state index < -0.39 is 53.7 Å². The van der Waals surface area contributed by atoms with Crippen molar-refractivity contribution in [2.75, 3.05) is 0 Å². The minimum absolute atomic E-state index is 0.0152. The van der Waals surface area contributed by atoms with Gasteiger partial charge in [0.25, 0.3) is 0 Å². The first-order valence-corrected chi connectivity index (χ1v) is 13.3. The molecule has 5 heterocycles. The number of halogens is 7. The van der Waals surface area contributed by atoms with Crippen LogP contribution in [0.3, 0.4) is 0 Å². The highest BCUT2D eigenvalue weighted by molar-refractivity contribution is 6.52. The van der Waals surface area contributed by atoms with E-state index in [9.17, 15) is 22.0 Å². The SMILES string of the molecule is Fc1cc2c3n4c(c2cc1F)N=c1c2ccccc2c(n1B4Oc1c(F)c(F)c(F)c(F)c1F)=NC1=NC(=N3)c2ccccc21. The second-order valence-corrected chi connectivity index (χ2v) is 10.4. The fourth-order valence-corrected chi connectivity index (χ4v) is 5.96. The van der Waals surface area contributed by atoms with Crippen LogP contribution in [0.2, 0.25) is 0 Å². The number of nitrogens with zero attached hydrogens (tertiary/aromatic N) is 6. The van der Waals surface area contributed by atoms with Crippen LogP contribution in [0.1, 0.15) is 11.1 Å².